The molecule has 0 aliphatic heterocycles. The molecule has 19 heavy (non-hydrogen) atoms. The quantitative estimate of drug-likeness (QED) is 0.883. The zero-order chi connectivity index (χ0) is 14.0. The van der Waals surface area contributed by atoms with Gasteiger partial charge in [-0.15, -0.1) is 0 Å². The summed E-state index contributed by atoms with van der Waals surface area (Å²) in [4.78, 5) is 11.8. The van der Waals surface area contributed by atoms with Gasteiger partial charge in [-0.2, -0.15) is 10.2 Å². The Morgan fingerprint density at radius 3 is 2.63 bits per heavy atom. The van der Waals surface area contributed by atoms with Gasteiger partial charge in [0, 0.05) is 32.5 Å². The summed E-state index contributed by atoms with van der Waals surface area (Å²) < 4.78 is 3.48. The van der Waals surface area contributed by atoms with E-state index in [4.69, 9.17) is 0 Å². The second kappa shape index (κ2) is 5.26. The first-order valence-corrected chi connectivity index (χ1v) is 6.25. The molecular weight excluding hydrogens is 242 g/mol. The van der Waals surface area contributed by atoms with Crippen LogP contribution < -0.4 is 5.32 Å². The zero-order valence-electron chi connectivity index (χ0n) is 11.8. The van der Waals surface area contributed by atoms with Crippen LogP contribution in [0.1, 0.15) is 27.3 Å². The highest BCUT2D eigenvalue weighted by molar-refractivity contribution is 5.93. The average molecular weight is 261 g/mol. The Bertz CT molecular complexity index is 596. The van der Waals surface area contributed by atoms with Crippen molar-refractivity contribution in [1.29, 1.82) is 0 Å². The summed E-state index contributed by atoms with van der Waals surface area (Å²) in [7, 11) is 3.72. The highest BCUT2D eigenvalue weighted by Gasteiger charge is 2.11. The van der Waals surface area contributed by atoms with Crippen LogP contribution in [0, 0.1) is 13.8 Å². The molecule has 0 aromatic carbocycles. The first kappa shape index (κ1) is 13.3. The highest BCUT2D eigenvalue weighted by Crippen LogP contribution is 2.11. The summed E-state index contributed by atoms with van der Waals surface area (Å²) in [6, 6.07) is 0. The van der Waals surface area contributed by atoms with Gasteiger partial charge < -0.3 is 5.32 Å². The van der Waals surface area contributed by atoms with Crippen molar-refractivity contribution in [2.24, 2.45) is 14.1 Å². The van der Waals surface area contributed by atoms with Gasteiger partial charge in [-0.3, -0.25) is 14.2 Å². The van der Waals surface area contributed by atoms with Gasteiger partial charge in [-0.25, -0.2) is 0 Å². The maximum Gasteiger partial charge on any atom is 0.254 e. The maximum atomic E-state index is 11.8. The average Bonchev–Trinajstić information content (AvgIpc) is 2.88. The largest absolute Gasteiger partial charge is 0.352 e. The monoisotopic (exact) mass is 261 g/mol. The number of rotatable bonds is 4. The maximum absolute atomic E-state index is 11.8. The van der Waals surface area contributed by atoms with E-state index in [1.165, 1.54) is 5.56 Å². The van der Waals surface area contributed by atoms with Crippen LogP contribution in [0.3, 0.4) is 0 Å². The van der Waals surface area contributed by atoms with E-state index >= 15 is 0 Å². The van der Waals surface area contributed by atoms with E-state index in [1.54, 1.807) is 24.1 Å². The molecule has 1 N–H and O–H groups in total. The number of carbonyl (C=O) groups excluding carboxylic acids is 1. The minimum absolute atomic E-state index is 0.0905. The molecule has 0 fully saturated rings. The Hall–Kier alpha value is -2.11. The zero-order valence-corrected chi connectivity index (χ0v) is 11.8. The van der Waals surface area contributed by atoms with Crippen molar-refractivity contribution >= 4 is 5.91 Å². The summed E-state index contributed by atoms with van der Waals surface area (Å²) >= 11 is 0. The van der Waals surface area contributed by atoms with E-state index in [0.717, 1.165) is 17.8 Å². The van der Waals surface area contributed by atoms with E-state index in [9.17, 15) is 4.79 Å². The molecular formula is C13H19N5O. The molecule has 0 radical (unpaired) electrons. The summed E-state index contributed by atoms with van der Waals surface area (Å²) in [6.07, 6.45) is 4.06. The second-order valence-electron chi connectivity index (χ2n) is 4.68. The van der Waals surface area contributed by atoms with Gasteiger partial charge in [0.05, 0.1) is 17.5 Å². The third kappa shape index (κ3) is 2.83. The third-order valence-corrected chi connectivity index (χ3v) is 3.29. The predicted molar refractivity (Wildman–Crippen MR) is 71.9 cm³/mol. The fourth-order valence-electron chi connectivity index (χ4n) is 2.12. The van der Waals surface area contributed by atoms with Crippen molar-refractivity contribution in [3.63, 3.8) is 0 Å². The minimum atomic E-state index is -0.0905. The molecule has 0 atom stereocenters. The number of hydrogen-bond donors (Lipinski definition) is 1. The lowest BCUT2D eigenvalue weighted by atomic mass is 10.1. The molecule has 0 saturated heterocycles. The lowest BCUT2D eigenvalue weighted by molar-refractivity contribution is 0.0954. The van der Waals surface area contributed by atoms with E-state index in [2.05, 4.69) is 15.5 Å². The van der Waals surface area contributed by atoms with Crippen LogP contribution in [-0.2, 0) is 20.5 Å². The molecule has 1 amide bonds. The Kier molecular flexibility index (Phi) is 3.69. The van der Waals surface area contributed by atoms with Gasteiger partial charge in [0.25, 0.3) is 5.91 Å². The Morgan fingerprint density at radius 2 is 2.11 bits per heavy atom. The van der Waals surface area contributed by atoms with E-state index < -0.39 is 0 Å². The SMILES string of the molecule is Cc1nn(C)c(C)c1CCNC(=O)c1cnn(C)c1. The standard InChI is InChI=1S/C13H19N5O/c1-9-12(10(2)18(4)16-9)5-6-14-13(19)11-7-15-17(3)8-11/h7-8H,5-6H2,1-4H3,(H,14,19). The number of carbonyl (C=O) groups is 1. The molecule has 0 aliphatic carbocycles. The van der Waals surface area contributed by atoms with Gasteiger partial charge in [0.15, 0.2) is 0 Å². The van der Waals surface area contributed by atoms with Crippen LogP contribution in [0.2, 0.25) is 0 Å². The Balaban J connectivity index is 1.92. The van der Waals surface area contributed by atoms with Crippen molar-refractivity contribution in [3.05, 3.63) is 34.9 Å². The summed E-state index contributed by atoms with van der Waals surface area (Å²) in [6.45, 7) is 4.63. The molecule has 0 spiro atoms. The molecule has 0 saturated carbocycles. The lowest BCUT2D eigenvalue weighted by Gasteiger charge is -2.04. The van der Waals surface area contributed by atoms with Crippen LogP contribution in [0.15, 0.2) is 12.4 Å². The lowest BCUT2D eigenvalue weighted by Crippen LogP contribution is -2.25. The first-order valence-electron chi connectivity index (χ1n) is 6.25. The molecule has 0 bridgehead atoms. The molecule has 2 aromatic heterocycles. The number of amides is 1. The van der Waals surface area contributed by atoms with Gasteiger partial charge in [-0.1, -0.05) is 0 Å². The van der Waals surface area contributed by atoms with Crippen molar-refractivity contribution in [2.75, 3.05) is 6.54 Å². The first-order chi connectivity index (χ1) is 8.99. The number of hydrogen-bond acceptors (Lipinski definition) is 3. The van der Waals surface area contributed by atoms with E-state index in [1.807, 2.05) is 25.6 Å². The molecule has 2 heterocycles. The predicted octanol–water partition coefficient (Wildman–Crippen LogP) is 0.743. The minimum Gasteiger partial charge on any atom is -0.352 e. The third-order valence-electron chi connectivity index (χ3n) is 3.29. The van der Waals surface area contributed by atoms with Gasteiger partial charge in [0.2, 0.25) is 0 Å². The van der Waals surface area contributed by atoms with E-state index in [0.29, 0.717) is 12.1 Å². The second-order valence-corrected chi connectivity index (χ2v) is 4.68. The fourth-order valence-corrected chi connectivity index (χ4v) is 2.12. The Labute approximate surface area is 112 Å². The molecule has 102 valence electrons. The smallest absolute Gasteiger partial charge is 0.254 e. The molecule has 2 rings (SSSR count). The van der Waals surface area contributed by atoms with Crippen LogP contribution in [-0.4, -0.2) is 32.0 Å². The van der Waals surface area contributed by atoms with Gasteiger partial charge in [0.1, 0.15) is 0 Å². The summed E-state index contributed by atoms with van der Waals surface area (Å²) in [5.41, 5.74) is 3.96. The van der Waals surface area contributed by atoms with E-state index in [-0.39, 0.29) is 5.91 Å². The van der Waals surface area contributed by atoms with Crippen molar-refractivity contribution in [1.82, 2.24) is 24.9 Å². The molecule has 6 nitrogen and oxygen atoms in total. The number of nitrogens with zero attached hydrogens (tertiary/aromatic N) is 4. The Morgan fingerprint density at radius 1 is 1.37 bits per heavy atom. The van der Waals surface area contributed by atoms with Crippen molar-refractivity contribution < 1.29 is 4.79 Å². The van der Waals surface area contributed by atoms with Crippen LogP contribution in [0.25, 0.3) is 0 Å². The van der Waals surface area contributed by atoms with Gasteiger partial charge in [-0.05, 0) is 25.8 Å². The van der Waals surface area contributed by atoms with Crippen LogP contribution >= 0.6 is 0 Å². The number of aryl methyl sites for hydroxylation is 3. The van der Waals surface area contributed by atoms with Crippen molar-refractivity contribution in [3.8, 4) is 0 Å². The highest BCUT2D eigenvalue weighted by atomic mass is 16.1. The molecule has 2 aromatic rings. The molecule has 0 unspecified atom stereocenters. The topological polar surface area (TPSA) is 64.7 Å². The molecule has 6 heteroatoms. The van der Waals surface area contributed by atoms with Crippen LogP contribution in [0.4, 0.5) is 0 Å². The van der Waals surface area contributed by atoms with Crippen LogP contribution in [0.5, 0.6) is 0 Å². The number of aromatic nitrogens is 4. The number of nitrogens with one attached hydrogen (secondary N) is 1. The van der Waals surface area contributed by atoms with Crippen molar-refractivity contribution in [2.45, 2.75) is 20.3 Å². The fraction of sp³-hybridized carbons (Fsp3) is 0.462. The summed E-state index contributed by atoms with van der Waals surface area (Å²) in [5.74, 6) is -0.0905. The summed E-state index contributed by atoms with van der Waals surface area (Å²) in [5, 5.41) is 11.2. The normalized spacial score (nSPS) is 10.7. The van der Waals surface area contributed by atoms with Gasteiger partial charge >= 0.3 is 0 Å². The molecule has 0 aliphatic rings.